The maximum Gasteiger partial charge on any atom is 0.203 e. The van der Waals surface area contributed by atoms with E-state index in [0.717, 1.165) is 12.1 Å². The van der Waals surface area contributed by atoms with E-state index < -0.39 is 0 Å². The third-order valence-electron chi connectivity index (χ3n) is 2.58. The molecule has 2 rings (SSSR count). The maximum absolute atomic E-state index is 11.9. The molecule has 1 heterocycles. The highest BCUT2D eigenvalue weighted by molar-refractivity contribution is 5.85. The Bertz CT molecular complexity index is 656. The van der Waals surface area contributed by atoms with Crippen LogP contribution in [0.4, 0.5) is 0 Å². The summed E-state index contributed by atoms with van der Waals surface area (Å²) >= 11 is 0. The van der Waals surface area contributed by atoms with Crippen LogP contribution >= 0.6 is 0 Å². The normalized spacial score (nSPS) is 11.2. The SMILES string of the molecule is CNCC=Cc1ccc2occ(C=O)c(=O)c2c1. The number of nitrogens with one attached hydrogen (secondary N) is 1. The van der Waals surface area contributed by atoms with E-state index in [0.29, 0.717) is 17.3 Å². The molecular weight excluding hydrogens is 230 g/mol. The van der Waals surface area contributed by atoms with E-state index in [9.17, 15) is 9.59 Å². The van der Waals surface area contributed by atoms with E-state index in [2.05, 4.69) is 5.32 Å². The minimum atomic E-state index is -0.296. The molecule has 0 saturated heterocycles. The molecule has 1 aromatic carbocycles. The largest absolute Gasteiger partial charge is 0.463 e. The summed E-state index contributed by atoms with van der Waals surface area (Å²) < 4.78 is 5.23. The molecular formula is C14H13NO3. The van der Waals surface area contributed by atoms with E-state index in [4.69, 9.17) is 4.42 Å². The predicted octanol–water partition coefficient (Wildman–Crippen LogP) is 1.84. The first kappa shape index (κ1) is 12.3. The minimum absolute atomic E-state index is 0.0406. The van der Waals surface area contributed by atoms with Crippen molar-refractivity contribution in [2.24, 2.45) is 0 Å². The lowest BCUT2D eigenvalue weighted by Crippen LogP contribution is -2.07. The minimum Gasteiger partial charge on any atom is -0.463 e. The summed E-state index contributed by atoms with van der Waals surface area (Å²) in [5.41, 5.74) is 1.12. The average molecular weight is 243 g/mol. The number of rotatable bonds is 4. The van der Waals surface area contributed by atoms with Crippen LogP contribution in [-0.2, 0) is 0 Å². The van der Waals surface area contributed by atoms with Gasteiger partial charge in [0.05, 0.1) is 10.9 Å². The van der Waals surface area contributed by atoms with Gasteiger partial charge in [-0.3, -0.25) is 9.59 Å². The van der Waals surface area contributed by atoms with Crippen LogP contribution in [0.1, 0.15) is 15.9 Å². The summed E-state index contributed by atoms with van der Waals surface area (Å²) in [6.45, 7) is 0.751. The molecule has 0 saturated carbocycles. The molecule has 0 aliphatic heterocycles. The first-order chi connectivity index (χ1) is 8.76. The highest BCUT2D eigenvalue weighted by atomic mass is 16.3. The van der Waals surface area contributed by atoms with Gasteiger partial charge in [-0.05, 0) is 24.7 Å². The van der Waals surface area contributed by atoms with Gasteiger partial charge in [-0.2, -0.15) is 0 Å². The van der Waals surface area contributed by atoms with E-state index in [1.807, 2.05) is 25.3 Å². The van der Waals surface area contributed by atoms with E-state index >= 15 is 0 Å². The lowest BCUT2D eigenvalue weighted by molar-refractivity contribution is 0.112. The Morgan fingerprint density at radius 3 is 2.94 bits per heavy atom. The molecule has 0 unspecified atom stereocenters. The molecule has 4 nitrogen and oxygen atoms in total. The fourth-order valence-electron chi connectivity index (χ4n) is 1.66. The van der Waals surface area contributed by atoms with Gasteiger partial charge < -0.3 is 9.73 Å². The summed E-state index contributed by atoms with van der Waals surface area (Å²) in [6.07, 6.45) is 5.55. The number of likely N-dealkylation sites (N-methyl/N-ethyl adjacent to an activating group) is 1. The van der Waals surface area contributed by atoms with Crippen LogP contribution in [0.2, 0.25) is 0 Å². The second kappa shape index (κ2) is 5.42. The molecule has 0 fully saturated rings. The van der Waals surface area contributed by atoms with Gasteiger partial charge in [0.25, 0.3) is 0 Å². The molecule has 1 N–H and O–H groups in total. The standard InChI is InChI=1S/C14H13NO3/c1-15-6-2-3-10-4-5-13-12(7-10)14(17)11(8-16)9-18-13/h2-5,7-9,15H,6H2,1H3. The fourth-order valence-corrected chi connectivity index (χ4v) is 1.66. The summed E-state index contributed by atoms with van der Waals surface area (Å²) in [6, 6.07) is 5.31. The Morgan fingerprint density at radius 2 is 2.22 bits per heavy atom. The zero-order chi connectivity index (χ0) is 13.0. The van der Waals surface area contributed by atoms with Crippen molar-refractivity contribution in [2.45, 2.75) is 0 Å². The molecule has 0 atom stereocenters. The number of carbonyl (C=O) groups is 1. The van der Waals surface area contributed by atoms with Crippen molar-refractivity contribution in [3.8, 4) is 0 Å². The monoisotopic (exact) mass is 243 g/mol. The molecule has 0 aliphatic carbocycles. The molecule has 4 heteroatoms. The van der Waals surface area contributed by atoms with Gasteiger partial charge >= 0.3 is 0 Å². The van der Waals surface area contributed by atoms with Gasteiger partial charge in [0, 0.05) is 6.54 Å². The molecule has 0 amide bonds. The van der Waals surface area contributed by atoms with Crippen molar-refractivity contribution in [3.63, 3.8) is 0 Å². The highest BCUT2D eigenvalue weighted by Crippen LogP contribution is 2.14. The van der Waals surface area contributed by atoms with Crippen molar-refractivity contribution >= 4 is 23.3 Å². The van der Waals surface area contributed by atoms with Gasteiger partial charge in [0.1, 0.15) is 11.8 Å². The number of aldehydes is 1. The second-order valence-electron chi connectivity index (χ2n) is 3.85. The average Bonchev–Trinajstić information content (AvgIpc) is 2.40. The van der Waals surface area contributed by atoms with E-state index in [1.54, 1.807) is 12.1 Å². The Balaban J connectivity index is 2.52. The van der Waals surface area contributed by atoms with Crippen LogP contribution < -0.4 is 10.7 Å². The summed E-state index contributed by atoms with van der Waals surface area (Å²) in [7, 11) is 1.86. The number of hydrogen-bond acceptors (Lipinski definition) is 4. The predicted molar refractivity (Wildman–Crippen MR) is 70.8 cm³/mol. The van der Waals surface area contributed by atoms with Gasteiger partial charge in [0.2, 0.25) is 5.43 Å². The summed E-state index contributed by atoms with van der Waals surface area (Å²) in [5, 5.41) is 3.41. The molecule has 18 heavy (non-hydrogen) atoms. The van der Waals surface area contributed by atoms with Gasteiger partial charge in [-0.25, -0.2) is 0 Å². The maximum atomic E-state index is 11.9. The topological polar surface area (TPSA) is 59.3 Å². The smallest absolute Gasteiger partial charge is 0.203 e. The van der Waals surface area contributed by atoms with Crippen LogP contribution in [0.3, 0.4) is 0 Å². The molecule has 0 aliphatic rings. The van der Waals surface area contributed by atoms with Crippen molar-refractivity contribution in [1.29, 1.82) is 0 Å². The highest BCUT2D eigenvalue weighted by Gasteiger charge is 2.06. The third-order valence-corrected chi connectivity index (χ3v) is 2.58. The van der Waals surface area contributed by atoms with Crippen molar-refractivity contribution in [3.05, 3.63) is 51.9 Å². The van der Waals surface area contributed by atoms with E-state index in [-0.39, 0.29) is 11.0 Å². The second-order valence-corrected chi connectivity index (χ2v) is 3.85. The van der Waals surface area contributed by atoms with Crippen LogP contribution in [-0.4, -0.2) is 19.9 Å². The number of hydrogen-bond donors (Lipinski definition) is 1. The van der Waals surface area contributed by atoms with Crippen molar-refractivity contribution < 1.29 is 9.21 Å². The van der Waals surface area contributed by atoms with Gasteiger partial charge in [0.15, 0.2) is 6.29 Å². The fraction of sp³-hybridized carbons (Fsp3) is 0.143. The molecule has 0 bridgehead atoms. The molecule has 92 valence electrons. The third kappa shape index (κ3) is 2.38. The quantitative estimate of drug-likeness (QED) is 0.832. The zero-order valence-electron chi connectivity index (χ0n) is 9.97. The lowest BCUT2D eigenvalue weighted by atomic mass is 10.1. The molecule has 2 aromatic rings. The molecule has 1 aromatic heterocycles. The number of carbonyl (C=O) groups excluding carboxylic acids is 1. The zero-order valence-corrected chi connectivity index (χ0v) is 9.97. The Labute approximate surface area is 104 Å². The molecule has 0 radical (unpaired) electrons. The van der Waals surface area contributed by atoms with Crippen molar-refractivity contribution in [1.82, 2.24) is 5.32 Å². The first-order valence-corrected chi connectivity index (χ1v) is 5.58. The summed E-state index contributed by atoms with van der Waals surface area (Å²) in [4.78, 5) is 22.6. The van der Waals surface area contributed by atoms with Gasteiger partial charge in [-0.15, -0.1) is 0 Å². The molecule has 0 spiro atoms. The lowest BCUT2D eigenvalue weighted by Gasteiger charge is -1.99. The van der Waals surface area contributed by atoms with Crippen LogP contribution in [0.25, 0.3) is 17.0 Å². The van der Waals surface area contributed by atoms with E-state index in [1.165, 1.54) is 6.26 Å². The number of fused-ring (bicyclic) bond motifs is 1. The van der Waals surface area contributed by atoms with Gasteiger partial charge in [-0.1, -0.05) is 18.2 Å². The Hall–Kier alpha value is -2.20. The number of benzene rings is 1. The Morgan fingerprint density at radius 1 is 1.39 bits per heavy atom. The van der Waals surface area contributed by atoms with Crippen LogP contribution in [0, 0.1) is 0 Å². The van der Waals surface area contributed by atoms with Crippen molar-refractivity contribution in [2.75, 3.05) is 13.6 Å². The van der Waals surface area contributed by atoms with Crippen LogP contribution in [0.15, 0.2) is 39.7 Å². The van der Waals surface area contributed by atoms with Crippen LogP contribution in [0.5, 0.6) is 0 Å². The summed E-state index contributed by atoms with van der Waals surface area (Å²) in [5.74, 6) is 0. The Kier molecular flexibility index (Phi) is 3.69. The first-order valence-electron chi connectivity index (χ1n) is 5.58.